The molecule has 1 aliphatic rings. The molecule has 2 amide bonds. The first-order valence-corrected chi connectivity index (χ1v) is 10.2. The van der Waals surface area contributed by atoms with Crippen LogP contribution in [0.15, 0.2) is 53.4 Å². The molecular formula is C20H14ClF3N2O2S2. The van der Waals surface area contributed by atoms with Gasteiger partial charge in [-0.1, -0.05) is 59.8 Å². The Bertz CT molecular complexity index is 1040. The molecule has 1 saturated heterocycles. The number of anilines is 1. The summed E-state index contributed by atoms with van der Waals surface area (Å²) in [4.78, 5) is 26.4. The Labute approximate surface area is 185 Å². The summed E-state index contributed by atoms with van der Waals surface area (Å²) in [6, 6.07) is 11.4. The average Bonchev–Trinajstić information content (AvgIpc) is 2.94. The van der Waals surface area contributed by atoms with Gasteiger partial charge in [-0.2, -0.15) is 13.2 Å². The molecule has 0 unspecified atom stereocenters. The number of carbonyl (C=O) groups is 2. The summed E-state index contributed by atoms with van der Waals surface area (Å²) in [5, 5.41) is 2.90. The second-order valence-electron chi connectivity index (χ2n) is 6.23. The Balaban J connectivity index is 1.62. The highest BCUT2D eigenvalue weighted by atomic mass is 35.5. The van der Waals surface area contributed by atoms with Crippen molar-refractivity contribution in [1.82, 2.24) is 4.90 Å². The van der Waals surface area contributed by atoms with Gasteiger partial charge in [0.05, 0.1) is 10.5 Å². The number of halogens is 4. The summed E-state index contributed by atoms with van der Waals surface area (Å²) >= 11 is 12.4. The zero-order valence-electron chi connectivity index (χ0n) is 15.2. The zero-order chi connectivity index (χ0) is 21.9. The third kappa shape index (κ3) is 5.41. The van der Waals surface area contributed by atoms with Crippen molar-refractivity contribution in [2.45, 2.75) is 12.6 Å². The SMILES string of the molecule is O=C(CCN1C(=O)/C(=C/c2ccccc2Cl)SC1=S)Nc1cccc(C(F)(F)F)c1. The third-order valence-corrected chi connectivity index (χ3v) is 5.82. The third-order valence-electron chi connectivity index (χ3n) is 4.10. The molecule has 0 saturated carbocycles. The molecule has 3 rings (SSSR count). The molecule has 0 spiro atoms. The minimum atomic E-state index is -4.50. The van der Waals surface area contributed by atoms with Crippen molar-refractivity contribution in [1.29, 1.82) is 0 Å². The number of hydrogen-bond acceptors (Lipinski definition) is 4. The Morgan fingerprint density at radius 3 is 2.63 bits per heavy atom. The van der Waals surface area contributed by atoms with E-state index in [1.807, 2.05) is 0 Å². The molecule has 0 atom stereocenters. The van der Waals surface area contributed by atoms with Crippen molar-refractivity contribution >= 4 is 63.5 Å². The topological polar surface area (TPSA) is 49.4 Å². The van der Waals surface area contributed by atoms with Crippen molar-refractivity contribution < 1.29 is 22.8 Å². The second kappa shape index (κ2) is 9.20. The van der Waals surface area contributed by atoms with Gasteiger partial charge < -0.3 is 5.32 Å². The monoisotopic (exact) mass is 470 g/mol. The predicted octanol–water partition coefficient (Wildman–Crippen LogP) is 5.59. The molecule has 1 N–H and O–H groups in total. The van der Waals surface area contributed by atoms with Crippen LogP contribution in [0, 0.1) is 0 Å². The van der Waals surface area contributed by atoms with Crippen LogP contribution in [-0.4, -0.2) is 27.6 Å². The molecule has 156 valence electrons. The molecule has 0 bridgehead atoms. The lowest BCUT2D eigenvalue weighted by Crippen LogP contribution is -2.31. The van der Waals surface area contributed by atoms with Gasteiger partial charge in [0.2, 0.25) is 5.91 Å². The van der Waals surface area contributed by atoms with Crippen molar-refractivity contribution in [2.75, 3.05) is 11.9 Å². The van der Waals surface area contributed by atoms with E-state index in [-0.39, 0.29) is 24.6 Å². The molecule has 10 heteroatoms. The second-order valence-corrected chi connectivity index (χ2v) is 8.31. The lowest BCUT2D eigenvalue weighted by atomic mass is 10.2. The first kappa shape index (κ1) is 22.3. The Morgan fingerprint density at radius 1 is 1.20 bits per heavy atom. The Morgan fingerprint density at radius 2 is 1.93 bits per heavy atom. The first-order valence-electron chi connectivity index (χ1n) is 8.62. The molecule has 0 aromatic heterocycles. The fraction of sp³-hybridized carbons (Fsp3) is 0.150. The van der Waals surface area contributed by atoms with Gasteiger partial charge in [-0.15, -0.1) is 0 Å². The molecule has 0 radical (unpaired) electrons. The highest BCUT2D eigenvalue weighted by Gasteiger charge is 2.32. The van der Waals surface area contributed by atoms with E-state index in [0.29, 0.717) is 19.8 Å². The average molecular weight is 471 g/mol. The van der Waals surface area contributed by atoms with Gasteiger partial charge in [0.15, 0.2) is 0 Å². The van der Waals surface area contributed by atoms with Gasteiger partial charge in [0, 0.05) is 23.7 Å². The fourth-order valence-corrected chi connectivity index (χ4v) is 4.13. The van der Waals surface area contributed by atoms with Gasteiger partial charge in [-0.05, 0) is 35.9 Å². The summed E-state index contributed by atoms with van der Waals surface area (Å²) in [7, 11) is 0. The van der Waals surface area contributed by atoms with E-state index >= 15 is 0 Å². The molecule has 4 nitrogen and oxygen atoms in total. The molecule has 2 aromatic carbocycles. The van der Waals surface area contributed by atoms with E-state index in [0.717, 1.165) is 23.9 Å². The molecule has 1 heterocycles. The number of nitrogens with one attached hydrogen (secondary N) is 1. The van der Waals surface area contributed by atoms with Crippen LogP contribution in [-0.2, 0) is 15.8 Å². The van der Waals surface area contributed by atoms with E-state index in [1.54, 1.807) is 30.3 Å². The zero-order valence-corrected chi connectivity index (χ0v) is 17.6. The highest BCUT2D eigenvalue weighted by molar-refractivity contribution is 8.26. The standard InChI is InChI=1S/C20H14ClF3N2O2S2/c21-15-7-2-1-4-12(15)10-16-18(28)26(19(29)30-16)9-8-17(27)25-14-6-3-5-13(11-14)20(22,23)24/h1-7,10-11H,8-9H2,(H,25,27)/b16-10-. The Hall–Kier alpha value is -2.36. The number of alkyl halides is 3. The molecule has 1 aliphatic heterocycles. The number of carbonyl (C=O) groups excluding carboxylic acids is 2. The van der Waals surface area contributed by atoms with Crippen molar-refractivity contribution in [2.24, 2.45) is 0 Å². The van der Waals surface area contributed by atoms with Crippen LogP contribution in [0.3, 0.4) is 0 Å². The van der Waals surface area contributed by atoms with Crippen LogP contribution in [0.25, 0.3) is 6.08 Å². The molecule has 30 heavy (non-hydrogen) atoms. The van der Waals surface area contributed by atoms with E-state index in [9.17, 15) is 22.8 Å². The largest absolute Gasteiger partial charge is 0.416 e. The van der Waals surface area contributed by atoms with Crippen LogP contribution in [0.2, 0.25) is 5.02 Å². The number of amides is 2. The summed E-state index contributed by atoms with van der Waals surface area (Å²) in [5.74, 6) is -0.879. The van der Waals surface area contributed by atoms with Gasteiger partial charge in [-0.3, -0.25) is 14.5 Å². The number of nitrogens with zero attached hydrogens (tertiary/aromatic N) is 1. The molecule has 1 fully saturated rings. The summed E-state index contributed by atoms with van der Waals surface area (Å²) in [6.07, 6.45) is -3.00. The number of thiocarbonyl (C=S) groups is 1. The quantitative estimate of drug-likeness (QED) is 0.457. The van der Waals surface area contributed by atoms with Gasteiger partial charge >= 0.3 is 6.18 Å². The van der Waals surface area contributed by atoms with Gasteiger partial charge in [0.25, 0.3) is 5.91 Å². The van der Waals surface area contributed by atoms with Crippen molar-refractivity contribution in [3.63, 3.8) is 0 Å². The lowest BCUT2D eigenvalue weighted by Gasteiger charge is -2.14. The number of thioether (sulfide) groups is 1. The Kier molecular flexibility index (Phi) is 6.84. The maximum absolute atomic E-state index is 12.8. The van der Waals surface area contributed by atoms with Gasteiger partial charge in [-0.25, -0.2) is 0 Å². The summed E-state index contributed by atoms with van der Waals surface area (Å²) < 4.78 is 38.6. The van der Waals surface area contributed by atoms with Crippen LogP contribution >= 0.6 is 35.6 Å². The van der Waals surface area contributed by atoms with Crippen LogP contribution in [0.1, 0.15) is 17.5 Å². The number of rotatable bonds is 5. The van der Waals surface area contributed by atoms with Crippen molar-refractivity contribution in [3.8, 4) is 0 Å². The smallest absolute Gasteiger partial charge is 0.326 e. The van der Waals surface area contributed by atoms with E-state index in [2.05, 4.69) is 5.32 Å². The number of benzene rings is 2. The summed E-state index contributed by atoms with van der Waals surface area (Å²) in [5.41, 5.74) is -0.164. The first-order chi connectivity index (χ1) is 14.1. The predicted molar refractivity (Wildman–Crippen MR) is 116 cm³/mol. The van der Waals surface area contributed by atoms with Crippen LogP contribution < -0.4 is 5.32 Å². The normalized spacial score (nSPS) is 15.7. The minimum absolute atomic E-state index is 0.00925. The van der Waals surface area contributed by atoms with E-state index in [4.69, 9.17) is 23.8 Å². The maximum Gasteiger partial charge on any atom is 0.416 e. The van der Waals surface area contributed by atoms with Crippen molar-refractivity contribution in [3.05, 3.63) is 69.6 Å². The van der Waals surface area contributed by atoms with E-state index in [1.165, 1.54) is 17.0 Å². The number of hydrogen-bond donors (Lipinski definition) is 1. The molecule has 0 aliphatic carbocycles. The minimum Gasteiger partial charge on any atom is -0.326 e. The fourth-order valence-electron chi connectivity index (χ4n) is 2.64. The molecular weight excluding hydrogens is 457 g/mol. The molecule has 2 aromatic rings. The maximum atomic E-state index is 12.8. The summed E-state index contributed by atoms with van der Waals surface area (Å²) in [6.45, 7) is 0.00925. The van der Waals surface area contributed by atoms with Gasteiger partial charge in [0.1, 0.15) is 4.32 Å². The van der Waals surface area contributed by atoms with E-state index < -0.39 is 17.6 Å². The van der Waals surface area contributed by atoms with Crippen LogP contribution in [0.4, 0.5) is 18.9 Å². The lowest BCUT2D eigenvalue weighted by molar-refractivity contribution is -0.137. The highest BCUT2D eigenvalue weighted by Crippen LogP contribution is 2.34. The van der Waals surface area contributed by atoms with Crippen LogP contribution in [0.5, 0.6) is 0 Å².